The smallest absolute Gasteiger partial charge is 0.0639 e. The second-order valence-corrected chi connectivity index (χ2v) is 5.73. The summed E-state index contributed by atoms with van der Waals surface area (Å²) in [6, 6.07) is 4.81. The van der Waals surface area contributed by atoms with E-state index in [1.807, 2.05) is 18.8 Å². The third-order valence-electron chi connectivity index (χ3n) is 3.84. The Morgan fingerprint density at radius 1 is 1.35 bits per heavy atom. The lowest BCUT2D eigenvalue weighted by Gasteiger charge is -2.18. The highest BCUT2D eigenvalue weighted by molar-refractivity contribution is 5.18. The minimum Gasteiger partial charge on any atom is -0.348 e. The van der Waals surface area contributed by atoms with Crippen molar-refractivity contribution in [2.75, 3.05) is 7.05 Å². The molecule has 0 amide bonds. The number of hydrogen-bond donors (Lipinski definition) is 1. The van der Waals surface area contributed by atoms with Gasteiger partial charge in [-0.2, -0.15) is 5.10 Å². The van der Waals surface area contributed by atoms with Crippen molar-refractivity contribution in [2.45, 2.75) is 39.8 Å². The van der Waals surface area contributed by atoms with Crippen molar-refractivity contribution in [1.82, 2.24) is 19.7 Å². The summed E-state index contributed by atoms with van der Waals surface area (Å²) < 4.78 is 4.22. The van der Waals surface area contributed by atoms with Crippen LogP contribution in [0, 0.1) is 5.92 Å². The molecule has 0 bridgehead atoms. The van der Waals surface area contributed by atoms with Crippen LogP contribution in [0.25, 0.3) is 0 Å². The van der Waals surface area contributed by atoms with E-state index in [1.54, 1.807) is 0 Å². The van der Waals surface area contributed by atoms with E-state index in [-0.39, 0.29) is 0 Å². The average Bonchev–Trinajstić information content (AvgIpc) is 2.98. The monoisotopic (exact) mass is 274 g/mol. The van der Waals surface area contributed by atoms with Crippen LogP contribution >= 0.6 is 0 Å². The Hall–Kier alpha value is -1.55. The van der Waals surface area contributed by atoms with E-state index < -0.39 is 0 Å². The lowest BCUT2D eigenvalue weighted by molar-refractivity contribution is 0.442. The average molecular weight is 274 g/mol. The molecule has 0 radical (unpaired) electrons. The van der Waals surface area contributed by atoms with Crippen LogP contribution in [0.3, 0.4) is 0 Å². The molecule has 0 spiro atoms. The fourth-order valence-corrected chi connectivity index (χ4v) is 2.71. The molecule has 2 aromatic heterocycles. The molecule has 1 unspecified atom stereocenters. The van der Waals surface area contributed by atoms with E-state index in [2.05, 4.69) is 60.3 Å². The minimum absolute atomic E-state index is 0.411. The van der Waals surface area contributed by atoms with Crippen LogP contribution in [-0.2, 0) is 20.0 Å². The van der Waals surface area contributed by atoms with Gasteiger partial charge in [-0.25, -0.2) is 0 Å². The first-order chi connectivity index (χ1) is 9.55. The Morgan fingerprint density at radius 3 is 2.65 bits per heavy atom. The second kappa shape index (κ2) is 6.27. The number of aryl methyl sites for hydroxylation is 2. The molecule has 2 rings (SSSR count). The Bertz CT molecular complexity index is 551. The summed E-state index contributed by atoms with van der Waals surface area (Å²) in [6.45, 7) is 7.50. The number of nitrogens with one attached hydrogen (secondary N) is 1. The predicted octanol–water partition coefficient (Wildman–Crippen LogP) is 2.75. The van der Waals surface area contributed by atoms with Crippen LogP contribution in [0.5, 0.6) is 0 Å². The first-order valence-corrected chi connectivity index (χ1v) is 7.39. The van der Waals surface area contributed by atoms with Gasteiger partial charge in [0.05, 0.1) is 17.9 Å². The summed E-state index contributed by atoms with van der Waals surface area (Å²) in [6.07, 6.45) is 5.38. The third kappa shape index (κ3) is 3.12. The Labute approximate surface area is 121 Å². The number of rotatable bonds is 6. The fourth-order valence-electron chi connectivity index (χ4n) is 2.71. The second-order valence-electron chi connectivity index (χ2n) is 5.73. The zero-order valence-corrected chi connectivity index (χ0v) is 13.2. The van der Waals surface area contributed by atoms with Crippen molar-refractivity contribution in [3.8, 4) is 0 Å². The van der Waals surface area contributed by atoms with Crippen LogP contribution in [0.1, 0.15) is 43.8 Å². The summed E-state index contributed by atoms with van der Waals surface area (Å²) in [5.74, 6) is 0.583. The SMILES string of the molecule is CCc1cc(Cn2ccc(C(NC)C(C)C)c2)n(C)n1. The highest BCUT2D eigenvalue weighted by Crippen LogP contribution is 2.21. The summed E-state index contributed by atoms with van der Waals surface area (Å²) in [5.41, 5.74) is 3.75. The van der Waals surface area contributed by atoms with Gasteiger partial charge in [0.15, 0.2) is 0 Å². The largest absolute Gasteiger partial charge is 0.348 e. The van der Waals surface area contributed by atoms with Crippen molar-refractivity contribution < 1.29 is 0 Å². The molecule has 0 aliphatic carbocycles. The van der Waals surface area contributed by atoms with Gasteiger partial charge in [0.25, 0.3) is 0 Å². The van der Waals surface area contributed by atoms with Crippen LogP contribution in [0.15, 0.2) is 24.5 Å². The van der Waals surface area contributed by atoms with Crippen molar-refractivity contribution in [3.63, 3.8) is 0 Å². The highest BCUT2D eigenvalue weighted by atomic mass is 15.3. The predicted molar refractivity (Wildman–Crippen MR) is 82.8 cm³/mol. The van der Waals surface area contributed by atoms with Gasteiger partial charge in [0.1, 0.15) is 0 Å². The molecule has 0 aromatic carbocycles. The van der Waals surface area contributed by atoms with Crippen LogP contribution in [0.4, 0.5) is 0 Å². The van der Waals surface area contributed by atoms with E-state index >= 15 is 0 Å². The van der Waals surface area contributed by atoms with Crippen molar-refractivity contribution in [2.24, 2.45) is 13.0 Å². The molecule has 4 heteroatoms. The molecule has 4 nitrogen and oxygen atoms in total. The summed E-state index contributed by atoms with van der Waals surface area (Å²) >= 11 is 0. The normalized spacial score (nSPS) is 13.1. The maximum absolute atomic E-state index is 4.50. The first kappa shape index (κ1) is 14.9. The zero-order valence-electron chi connectivity index (χ0n) is 13.2. The quantitative estimate of drug-likeness (QED) is 0.879. The van der Waals surface area contributed by atoms with E-state index in [1.165, 1.54) is 11.3 Å². The summed E-state index contributed by atoms with van der Waals surface area (Å²) in [4.78, 5) is 0. The van der Waals surface area contributed by atoms with E-state index in [9.17, 15) is 0 Å². The molecule has 0 fully saturated rings. The molecule has 110 valence electrons. The van der Waals surface area contributed by atoms with Gasteiger partial charge in [0.2, 0.25) is 0 Å². The maximum Gasteiger partial charge on any atom is 0.0639 e. The summed E-state index contributed by atoms with van der Waals surface area (Å²) in [7, 11) is 4.04. The van der Waals surface area contributed by atoms with E-state index in [0.717, 1.165) is 18.7 Å². The molecule has 0 aliphatic rings. The lowest BCUT2D eigenvalue weighted by Crippen LogP contribution is -2.21. The zero-order chi connectivity index (χ0) is 14.7. The highest BCUT2D eigenvalue weighted by Gasteiger charge is 2.14. The van der Waals surface area contributed by atoms with E-state index in [0.29, 0.717) is 12.0 Å². The van der Waals surface area contributed by atoms with Gasteiger partial charge in [0, 0.05) is 25.5 Å². The third-order valence-corrected chi connectivity index (χ3v) is 3.84. The van der Waals surface area contributed by atoms with Crippen LogP contribution < -0.4 is 5.32 Å². The number of aromatic nitrogens is 3. The first-order valence-electron chi connectivity index (χ1n) is 7.39. The topological polar surface area (TPSA) is 34.8 Å². The molecule has 0 saturated carbocycles. The van der Waals surface area contributed by atoms with Gasteiger partial charge < -0.3 is 9.88 Å². The van der Waals surface area contributed by atoms with Crippen molar-refractivity contribution in [1.29, 1.82) is 0 Å². The molecule has 2 aromatic rings. The molecule has 1 N–H and O–H groups in total. The molecule has 0 saturated heterocycles. The molecule has 2 heterocycles. The number of nitrogens with zero attached hydrogens (tertiary/aromatic N) is 3. The molecule has 0 aliphatic heterocycles. The Morgan fingerprint density at radius 2 is 2.10 bits per heavy atom. The molecule has 1 atom stereocenters. The van der Waals surface area contributed by atoms with E-state index in [4.69, 9.17) is 0 Å². The van der Waals surface area contributed by atoms with Gasteiger partial charge in [-0.05, 0) is 37.1 Å². The van der Waals surface area contributed by atoms with Gasteiger partial charge >= 0.3 is 0 Å². The molecular weight excluding hydrogens is 248 g/mol. The van der Waals surface area contributed by atoms with Gasteiger partial charge in [-0.1, -0.05) is 20.8 Å². The molecule has 20 heavy (non-hydrogen) atoms. The Kier molecular flexibility index (Phi) is 4.65. The Balaban J connectivity index is 2.14. The van der Waals surface area contributed by atoms with Crippen LogP contribution in [0.2, 0.25) is 0 Å². The number of hydrogen-bond acceptors (Lipinski definition) is 2. The lowest BCUT2D eigenvalue weighted by atomic mass is 9.99. The minimum atomic E-state index is 0.411. The van der Waals surface area contributed by atoms with Gasteiger partial charge in [-0.3, -0.25) is 4.68 Å². The van der Waals surface area contributed by atoms with Gasteiger partial charge in [-0.15, -0.1) is 0 Å². The fraction of sp³-hybridized carbons (Fsp3) is 0.562. The van der Waals surface area contributed by atoms with Crippen LogP contribution in [-0.4, -0.2) is 21.4 Å². The van der Waals surface area contributed by atoms with Crippen molar-refractivity contribution in [3.05, 3.63) is 41.5 Å². The summed E-state index contributed by atoms with van der Waals surface area (Å²) in [5, 5.41) is 7.89. The molecular formula is C16H26N4. The van der Waals surface area contributed by atoms with Crippen molar-refractivity contribution >= 4 is 0 Å². The standard InChI is InChI=1S/C16H26N4/c1-6-14-9-15(19(5)18-14)11-20-8-7-13(10-20)16(17-4)12(2)3/h7-10,12,16-17H,6,11H2,1-5H3. The maximum atomic E-state index is 4.50.